The first-order valence-electron chi connectivity index (χ1n) is 11.7. The summed E-state index contributed by atoms with van der Waals surface area (Å²) in [5.74, 6) is 0.314. The second kappa shape index (κ2) is 8.03. The summed E-state index contributed by atoms with van der Waals surface area (Å²) in [5, 5.41) is 0.349. The molecule has 3 aromatic rings. The summed E-state index contributed by atoms with van der Waals surface area (Å²) in [7, 11) is 3.04. The number of fused-ring (bicyclic) bond motifs is 1. The molecule has 0 spiro atoms. The first kappa shape index (κ1) is 22.2. The van der Waals surface area contributed by atoms with Gasteiger partial charge in [-0.1, -0.05) is 6.92 Å². The van der Waals surface area contributed by atoms with Crippen LogP contribution in [0.3, 0.4) is 0 Å². The van der Waals surface area contributed by atoms with E-state index in [1.807, 2.05) is 24.5 Å². The highest BCUT2D eigenvalue weighted by molar-refractivity contribution is 5.98. The zero-order valence-corrected chi connectivity index (χ0v) is 19.9. The molecule has 2 aliphatic rings. The molecule has 0 N–H and O–H groups in total. The molecule has 1 aliphatic carbocycles. The van der Waals surface area contributed by atoms with Crippen molar-refractivity contribution in [2.45, 2.75) is 51.8 Å². The van der Waals surface area contributed by atoms with Crippen LogP contribution in [-0.4, -0.2) is 48.3 Å². The van der Waals surface area contributed by atoms with Gasteiger partial charge in [-0.3, -0.25) is 23.5 Å². The molecule has 10 nitrogen and oxygen atoms in total. The molecule has 1 aliphatic heterocycles. The Morgan fingerprint density at radius 1 is 1.06 bits per heavy atom. The van der Waals surface area contributed by atoms with Crippen molar-refractivity contribution in [1.29, 1.82) is 0 Å². The number of hydrogen-bond acceptors (Lipinski definition) is 5. The summed E-state index contributed by atoms with van der Waals surface area (Å²) in [6.45, 7) is 5.16. The number of aryl methyl sites for hydroxylation is 3. The Kier molecular flexibility index (Phi) is 5.26. The fraction of sp³-hybridized carbons (Fsp3) is 0.500. The summed E-state index contributed by atoms with van der Waals surface area (Å²) >= 11 is 0. The van der Waals surface area contributed by atoms with Gasteiger partial charge in [-0.2, -0.15) is 0 Å². The standard InChI is InChI=1S/C24H29N5O5/c1-5-8-28-19(11-18-21(28)25(3)24(33)26(4)22(18)31)23(32)27-12-17(13-27)34-16-9-14(2)29(15-6-7-15)20(30)10-16/h9-11,15,17H,5-8,12-13H2,1-4H3. The van der Waals surface area contributed by atoms with Crippen molar-refractivity contribution in [1.82, 2.24) is 23.2 Å². The van der Waals surface area contributed by atoms with E-state index in [4.69, 9.17) is 4.74 Å². The van der Waals surface area contributed by atoms with Gasteiger partial charge in [-0.25, -0.2) is 4.79 Å². The molecular weight excluding hydrogens is 438 g/mol. The summed E-state index contributed by atoms with van der Waals surface area (Å²) in [6.07, 6.45) is 2.61. The van der Waals surface area contributed by atoms with Gasteiger partial charge < -0.3 is 18.8 Å². The van der Waals surface area contributed by atoms with Gasteiger partial charge in [0.2, 0.25) is 0 Å². The fourth-order valence-corrected chi connectivity index (χ4v) is 4.85. The smallest absolute Gasteiger partial charge is 0.332 e. The molecule has 4 heterocycles. The van der Waals surface area contributed by atoms with E-state index in [0.29, 0.717) is 48.2 Å². The predicted molar refractivity (Wildman–Crippen MR) is 127 cm³/mol. The summed E-state index contributed by atoms with van der Waals surface area (Å²) in [5.41, 5.74) is 0.829. The third kappa shape index (κ3) is 3.48. The molecule has 0 unspecified atom stereocenters. The fourth-order valence-electron chi connectivity index (χ4n) is 4.85. The average molecular weight is 468 g/mol. The van der Waals surface area contributed by atoms with Gasteiger partial charge in [0.1, 0.15) is 23.2 Å². The minimum absolute atomic E-state index is 0.0546. The molecule has 0 bridgehead atoms. The number of ether oxygens (including phenoxy) is 1. The Labute approximate surface area is 195 Å². The molecule has 180 valence electrons. The third-order valence-electron chi connectivity index (χ3n) is 6.75. The third-order valence-corrected chi connectivity index (χ3v) is 6.75. The van der Waals surface area contributed by atoms with Crippen LogP contribution in [0.4, 0.5) is 0 Å². The minimum Gasteiger partial charge on any atom is -0.486 e. The minimum atomic E-state index is -0.428. The van der Waals surface area contributed by atoms with E-state index < -0.39 is 11.2 Å². The van der Waals surface area contributed by atoms with Gasteiger partial charge in [0, 0.05) is 38.4 Å². The van der Waals surface area contributed by atoms with Gasteiger partial charge in [-0.05, 0) is 38.3 Å². The number of amides is 1. The van der Waals surface area contributed by atoms with Gasteiger partial charge in [0.25, 0.3) is 17.0 Å². The monoisotopic (exact) mass is 467 g/mol. The van der Waals surface area contributed by atoms with E-state index in [9.17, 15) is 19.2 Å². The number of hydrogen-bond donors (Lipinski definition) is 0. The molecule has 1 saturated heterocycles. The lowest BCUT2D eigenvalue weighted by molar-refractivity contribution is 0.0169. The molecule has 3 aromatic heterocycles. The van der Waals surface area contributed by atoms with Crippen molar-refractivity contribution in [3.8, 4) is 5.75 Å². The molecule has 0 aromatic carbocycles. The van der Waals surface area contributed by atoms with Crippen LogP contribution in [0.5, 0.6) is 5.75 Å². The van der Waals surface area contributed by atoms with Crippen LogP contribution in [0.15, 0.2) is 32.6 Å². The molecule has 1 saturated carbocycles. The first-order chi connectivity index (χ1) is 16.2. The molecular formula is C24H29N5O5. The van der Waals surface area contributed by atoms with Crippen LogP contribution in [0.25, 0.3) is 11.0 Å². The lowest BCUT2D eigenvalue weighted by atomic mass is 10.1. The average Bonchev–Trinajstić information content (AvgIpc) is 3.52. The van der Waals surface area contributed by atoms with Crippen molar-refractivity contribution < 1.29 is 9.53 Å². The van der Waals surface area contributed by atoms with Gasteiger partial charge >= 0.3 is 5.69 Å². The van der Waals surface area contributed by atoms with Gasteiger partial charge in [0.05, 0.1) is 18.5 Å². The molecule has 1 amide bonds. The first-order valence-corrected chi connectivity index (χ1v) is 11.7. The van der Waals surface area contributed by atoms with Crippen LogP contribution in [0.2, 0.25) is 0 Å². The normalized spacial score (nSPS) is 16.2. The molecule has 5 rings (SSSR count). The highest BCUT2D eigenvalue weighted by Crippen LogP contribution is 2.35. The number of carbonyl (C=O) groups is 1. The van der Waals surface area contributed by atoms with Crippen LogP contribution < -0.4 is 21.5 Å². The number of aromatic nitrogens is 4. The van der Waals surface area contributed by atoms with Gasteiger partial charge in [-0.15, -0.1) is 0 Å². The van der Waals surface area contributed by atoms with Crippen LogP contribution in [-0.2, 0) is 20.6 Å². The van der Waals surface area contributed by atoms with E-state index >= 15 is 0 Å². The largest absolute Gasteiger partial charge is 0.486 e. The topological polar surface area (TPSA) is 100 Å². The van der Waals surface area contributed by atoms with Gasteiger partial charge in [0.15, 0.2) is 0 Å². The van der Waals surface area contributed by atoms with Crippen molar-refractivity contribution in [3.63, 3.8) is 0 Å². The van der Waals surface area contributed by atoms with Crippen molar-refractivity contribution >= 4 is 16.9 Å². The van der Waals surface area contributed by atoms with E-state index in [0.717, 1.165) is 29.5 Å². The second-order valence-corrected chi connectivity index (χ2v) is 9.35. The van der Waals surface area contributed by atoms with Crippen LogP contribution >= 0.6 is 0 Å². The number of carbonyl (C=O) groups excluding carboxylic acids is 1. The molecule has 0 radical (unpaired) electrons. The summed E-state index contributed by atoms with van der Waals surface area (Å²) < 4.78 is 12.0. The highest BCUT2D eigenvalue weighted by atomic mass is 16.5. The number of rotatable bonds is 6. The maximum Gasteiger partial charge on any atom is 0.332 e. The van der Waals surface area contributed by atoms with E-state index in [-0.39, 0.29) is 17.6 Å². The Hall–Kier alpha value is -3.56. The zero-order chi connectivity index (χ0) is 24.3. The number of pyridine rings is 1. The van der Waals surface area contributed by atoms with Crippen LogP contribution in [0.1, 0.15) is 48.4 Å². The Bertz CT molecular complexity index is 1480. The number of nitrogens with zero attached hydrogens (tertiary/aromatic N) is 5. The Balaban J connectivity index is 1.37. The summed E-state index contributed by atoms with van der Waals surface area (Å²) in [4.78, 5) is 52.5. The van der Waals surface area contributed by atoms with Crippen molar-refractivity contribution in [3.05, 3.63) is 60.8 Å². The Morgan fingerprint density at radius 3 is 2.38 bits per heavy atom. The summed E-state index contributed by atoms with van der Waals surface area (Å²) in [6, 6.07) is 5.29. The van der Waals surface area contributed by atoms with E-state index in [1.54, 1.807) is 22.6 Å². The predicted octanol–water partition coefficient (Wildman–Crippen LogP) is 1.16. The number of likely N-dealkylation sites (tertiary alicyclic amines) is 1. The Morgan fingerprint density at radius 2 is 1.76 bits per heavy atom. The highest BCUT2D eigenvalue weighted by Gasteiger charge is 2.35. The zero-order valence-electron chi connectivity index (χ0n) is 19.9. The van der Waals surface area contributed by atoms with E-state index in [2.05, 4.69) is 0 Å². The quantitative estimate of drug-likeness (QED) is 0.542. The van der Waals surface area contributed by atoms with Crippen molar-refractivity contribution in [2.75, 3.05) is 13.1 Å². The SMILES string of the molecule is CCCn1c(C(=O)N2CC(Oc3cc(C)n(C4CC4)c(=O)c3)C2)cc2c(=O)n(C)c(=O)n(C)c21. The van der Waals surface area contributed by atoms with Crippen LogP contribution in [0, 0.1) is 6.92 Å². The lowest BCUT2D eigenvalue weighted by Gasteiger charge is -2.39. The molecule has 10 heteroatoms. The maximum absolute atomic E-state index is 13.3. The van der Waals surface area contributed by atoms with Crippen molar-refractivity contribution in [2.24, 2.45) is 14.1 Å². The lowest BCUT2D eigenvalue weighted by Crippen LogP contribution is -2.56. The molecule has 0 atom stereocenters. The maximum atomic E-state index is 13.3. The molecule has 34 heavy (non-hydrogen) atoms. The van der Waals surface area contributed by atoms with E-state index in [1.165, 1.54) is 17.7 Å². The second-order valence-electron chi connectivity index (χ2n) is 9.35. The molecule has 2 fully saturated rings.